The number of hydrogen-bond donors (Lipinski definition) is 2. The Balaban J connectivity index is 3.15. The first kappa shape index (κ1) is 7.08. The molecule has 0 unspecified atom stereocenters. The van der Waals surface area contributed by atoms with Crippen molar-refractivity contribution in [1.82, 2.24) is 4.98 Å². The molecule has 0 aliphatic carbocycles. The van der Waals surface area contributed by atoms with Crippen LogP contribution in [0, 0.1) is 6.20 Å². The highest BCUT2D eigenvalue weighted by Crippen LogP contribution is 2.09. The van der Waals surface area contributed by atoms with Crippen molar-refractivity contribution in [2.45, 2.75) is 4.90 Å². The fourth-order valence-corrected chi connectivity index (χ4v) is 0.720. The normalized spacial score (nSPS) is 9.30. The van der Waals surface area contributed by atoms with Crippen molar-refractivity contribution in [3.8, 4) is 0 Å². The highest BCUT2D eigenvalue weighted by atomic mass is 32.1. The lowest BCUT2D eigenvalue weighted by Gasteiger charge is -1.93. The van der Waals surface area contributed by atoms with Gasteiger partial charge in [-0.2, -0.15) is 0 Å². The van der Waals surface area contributed by atoms with E-state index >= 15 is 0 Å². The van der Waals surface area contributed by atoms with Crippen LogP contribution in [0.5, 0.6) is 0 Å². The third kappa shape index (κ3) is 1.27. The predicted molar refractivity (Wildman–Crippen MR) is 37.3 cm³/mol. The van der Waals surface area contributed by atoms with Crippen molar-refractivity contribution in [2.24, 2.45) is 0 Å². The number of aromatic carboxylic acids is 1. The Kier molecular flexibility index (Phi) is 1.91. The van der Waals surface area contributed by atoms with Crippen LogP contribution in [0.4, 0.5) is 0 Å². The molecule has 51 valence electrons. The van der Waals surface area contributed by atoms with Gasteiger partial charge in [0.15, 0.2) is 0 Å². The molecule has 1 aromatic heterocycles. The molecule has 1 heterocycles. The Morgan fingerprint density at radius 2 is 2.50 bits per heavy atom. The summed E-state index contributed by atoms with van der Waals surface area (Å²) in [4.78, 5) is 14.2. The number of carboxylic acid groups (broad SMARTS) is 1. The number of carbonyl (C=O) groups is 1. The molecule has 4 heteroatoms. The minimum atomic E-state index is -1.06. The molecule has 1 rings (SSSR count). The lowest BCUT2D eigenvalue weighted by Crippen LogP contribution is -1.98. The van der Waals surface area contributed by atoms with Crippen LogP contribution in [0.3, 0.4) is 0 Å². The summed E-state index contributed by atoms with van der Waals surface area (Å²) in [7, 11) is 0. The second-order valence-corrected chi connectivity index (χ2v) is 2.10. The average Bonchev–Trinajstić information content (AvgIpc) is 1.88. The maximum Gasteiger partial charge on any atom is 0.339 e. The molecule has 0 aliphatic heterocycles. The monoisotopic (exact) mass is 154 g/mol. The van der Waals surface area contributed by atoms with Crippen molar-refractivity contribution in [3.05, 3.63) is 24.0 Å². The van der Waals surface area contributed by atoms with Gasteiger partial charge in [0, 0.05) is 11.1 Å². The molecule has 0 atom stereocenters. The number of hydrogen-bond acceptors (Lipinski definition) is 3. The summed E-state index contributed by atoms with van der Waals surface area (Å²) in [5.74, 6) is -1.06. The van der Waals surface area contributed by atoms with E-state index < -0.39 is 5.97 Å². The minimum Gasteiger partial charge on any atom is -0.478 e. The Labute approximate surface area is 63.1 Å². The van der Waals surface area contributed by atoms with Crippen molar-refractivity contribution in [2.75, 3.05) is 0 Å². The van der Waals surface area contributed by atoms with E-state index in [1.54, 1.807) is 0 Å². The molecule has 0 amide bonds. The van der Waals surface area contributed by atoms with E-state index in [9.17, 15) is 4.79 Å². The van der Waals surface area contributed by atoms with Gasteiger partial charge in [-0.3, -0.25) is 4.98 Å². The fourth-order valence-electron chi connectivity index (χ4n) is 0.508. The number of nitrogens with zero attached hydrogens (tertiary/aromatic N) is 1. The molecule has 0 saturated carbocycles. The predicted octanol–water partition coefficient (Wildman–Crippen LogP) is 0.869. The minimum absolute atomic E-state index is 0.00540. The van der Waals surface area contributed by atoms with Crippen molar-refractivity contribution < 1.29 is 9.90 Å². The molecule has 10 heavy (non-hydrogen) atoms. The zero-order chi connectivity index (χ0) is 7.56. The van der Waals surface area contributed by atoms with E-state index in [1.165, 1.54) is 12.3 Å². The largest absolute Gasteiger partial charge is 0.478 e. The van der Waals surface area contributed by atoms with E-state index in [1.807, 2.05) is 0 Å². The van der Waals surface area contributed by atoms with Crippen LogP contribution >= 0.6 is 12.6 Å². The smallest absolute Gasteiger partial charge is 0.339 e. The second-order valence-electron chi connectivity index (χ2n) is 1.62. The quantitative estimate of drug-likeness (QED) is 0.590. The molecule has 1 N–H and O–H groups in total. The fraction of sp³-hybridized carbons (Fsp3) is 0. The zero-order valence-corrected chi connectivity index (χ0v) is 5.80. The average molecular weight is 154 g/mol. The topological polar surface area (TPSA) is 50.2 Å². The third-order valence-electron chi connectivity index (χ3n) is 0.953. The summed E-state index contributed by atoms with van der Waals surface area (Å²) in [6.07, 6.45) is 3.75. The molecule has 0 spiro atoms. The Hall–Kier alpha value is -1.03. The van der Waals surface area contributed by atoms with Crippen LogP contribution < -0.4 is 0 Å². The van der Waals surface area contributed by atoms with Gasteiger partial charge >= 0.3 is 5.97 Å². The van der Waals surface area contributed by atoms with Crippen LogP contribution in [-0.2, 0) is 0 Å². The lowest BCUT2D eigenvalue weighted by molar-refractivity contribution is 0.0692. The molecule has 0 aromatic carbocycles. The van der Waals surface area contributed by atoms with Gasteiger partial charge in [0.2, 0.25) is 0 Å². The van der Waals surface area contributed by atoms with Crippen LogP contribution in [0.25, 0.3) is 0 Å². The molecule has 0 fully saturated rings. The summed E-state index contributed by atoms with van der Waals surface area (Å²) in [5, 5.41) is 8.45. The van der Waals surface area contributed by atoms with Gasteiger partial charge in [0.1, 0.15) is 11.8 Å². The molecule has 1 aromatic rings. The lowest BCUT2D eigenvalue weighted by atomic mass is 10.3. The zero-order valence-electron chi connectivity index (χ0n) is 4.90. The standard InChI is InChI=1S/C6H4NO2S/c8-6(9)4-3-7-2-1-5(4)10/h1-2H,(H,7,10)(H,8,9). The van der Waals surface area contributed by atoms with Crippen LogP contribution in [-0.4, -0.2) is 16.1 Å². The third-order valence-corrected chi connectivity index (χ3v) is 1.33. The number of pyridine rings is 1. The first-order valence-corrected chi connectivity index (χ1v) is 2.95. The Morgan fingerprint density at radius 1 is 1.80 bits per heavy atom. The number of aromatic nitrogens is 1. The van der Waals surface area contributed by atoms with E-state index in [-0.39, 0.29) is 5.56 Å². The maximum absolute atomic E-state index is 10.3. The number of rotatable bonds is 1. The molecule has 1 radical (unpaired) electrons. The maximum atomic E-state index is 10.3. The first-order chi connectivity index (χ1) is 4.72. The highest BCUT2D eigenvalue weighted by molar-refractivity contribution is 7.80. The van der Waals surface area contributed by atoms with Gasteiger partial charge in [-0.1, -0.05) is 0 Å². The molecular weight excluding hydrogens is 150 g/mol. The van der Waals surface area contributed by atoms with Gasteiger partial charge in [-0.25, -0.2) is 4.79 Å². The molecule has 3 nitrogen and oxygen atoms in total. The summed E-state index contributed by atoms with van der Waals surface area (Å²) in [6.45, 7) is 0. The van der Waals surface area contributed by atoms with Crippen molar-refractivity contribution in [1.29, 1.82) is 0 Å². The van der Waals surface area contributed by atoms with E-state index in [0.29, 0.717) is 4.90 Å². The van der Waals surface area contributed by atoms with Crippen molar-refractivity contribution in [3.63, 3.8) is 0 Å². The van der Waals surface area contributed by atoms with Crippen LogP contribution in [0.2, 0.25) is 0 Å². The highest BCUT2D eigenvalue weighted by Gasteiger charge is 2.05. The summed E-state index contributed by atoms with van der Waals surface area (Å²) in [6, 6.07) is 1.50. The Bertz CT molecular complexity index is 262. The Morgan fingerprint density at radius 3 is 2.90 bits per heavy atom. The molecule has 0 saturated heterocycles. The summed E-state index contributed by atoms with van der Waals surface area (Å²) in [5.41, 5.74) is 0.00540. The van der Waals surface area contributed by atoms with Gasteiger partial charge in [0.25, 0.3) is 0 Å². The second kappa shape index (κ2) is 2.70. The molecule has 0 bridgehead atoms. The van der Waals surface area contributed by atoms with Gasteiger partial charge in [-0.15, -0.1) is 12.6 Å². The van der Waals surface area contributed by atoms with Crippen molar-refractivity contribution >= 4 is 18.6 Å². The van der Waals surface area contributed by atoms with Gasteiger partial charge in [-0.05, 0) is 6.07 Å². The first-order valence-electron chi connectivity index (χ1n) is 2.51. The molecule has 0 aliphatic rings. The number of thiol groups is 1. The van der Waals surface area contributed by atoms with Gasteiger partial charge < -0.3 is 5.11 Å². The molecular formula is C6H4NO2S. The van der Waals surface area contributed by atoms with Crippen LogP contribution in [0.1, 0.15) is 10.4 Å². The SMILES string of the molecule is O=C(O)c1[c]nccc1S. The van der Waals surface area contributed by atoms with Crippen LogP contribution in [0.15, 0.2) is 17.2 Å². The van der Waals surface area contributed by atoms with E-state index in [2.05, 4.69) is 23.8 Å². The van der Waals surface area contributed by atoms with E-state index in [4.69, 9.17) is 5.11 Å². The van der Waals surface area contributed by atoms with E-state index in [0.717, 1.165) is 0 Å². The number of carboxylic acids is 1. The summed E-state index contributed by atoms with van der Waals surface area (Å²) < 4.78 is 0. The van der Waals surface area contributed by atoms with Gasteiger partial charge in [0.05, 0.1) is 0 Å². The summed E-state index contributed by atoms with van der Waals surface area (Å²) >= 11 is 3.89.